The molecule has 2 N–H and O–H groups in total. The molecule has 0 atom stereocenters. The van der Waals surface area contributed by atoms with E-state index < -0.39 is 0 Å². The largest absolute Gasteiger partial charge is 0.507 e. The first-order valence-electron chi connectivity index (χ1n) is 8.68. The number of hydrogen-bond acceptors (Lipinski definition) is 2. The van der Waals surface area contributed by atoms with Gasteiger partial charge in [-0.1, -0.05) is 32.9 Å². The number of phenolic OH excluding ortho intramolecular Hbond substituents is 2. The van der Waals surface area contributed by atoms with E-state index in [0.717, 1.165) is 38.9 Å². The first kappa shape index (κ1) is 19.7. The maximum absolute atomic E-state index is 10.7. The molecule has 0 aliphatic rings. The van der Waals surface area contributed by atoms with Crippen molar-refractivity contribution in [1.29, 1.82) is 0 Å². The van der Waals surface area contributed by atoms with E-state index >= 15 is 0 Å². The van der Waals surface area contributed by atoms with Gasteiger partial charge in [0.15, 0.2) is 0 Å². The van der Waals surface area contributed by atoms with Gasteiger partial charge in [-0.15, -0.1) is 11.6 Å². The van der Waals surface area contributed by atoms with Crippen molar-refractivity contribution in [1.82, 2.24) is 0 Å². The van der Waals surface area contributed by atoms with Crippen molar-refractivity contribution in [2.24, 2.45) is 0 Å². The van der Waals surface area contributed by atoms with E-state index in [4.69, 9.17) is 11.6 Å². The van der Waals surface area contributed by atoms with Gasteiger partial charge in [-0.25, -0.2) is 0 Å². The summed E-state index contributed by atoms with van der Waals surface area (Å²) in [6, 6.07) is 4.05. The highest BCUT2D eigenvalue weighted by molar-refractivity contribution is 6.17. The van der Waals surface area contributed by atoms with Gasteiger partial charge in [-0.2, -0.15) is 0 Å². The lowest BCUT2D eigenvalue weighted by Gasteiger charge is -2.25. The van der Waals surface area contributed by atoms with Crippen LogP contribution in [0.2, 0.25) is 0 Å². The van der Waals surface area contributed by atoms with E-state index in [0.29, 0.717) is 18.1 Å². The molecule has 25 heavy (non-hydrogen) atoms. The fraction of sp³-hybridized carbons (Fsp3) is 0.455. The van der Waals surface area contributed by atoms with E-state index in [2.05, 4.69) is 33.8 Å². The van der Waals surface area contributed by atoms with Gasteiger partial charge >= 0.3 is 0 Å². The molecule has 136 valence electrons. The molecular weight excluding hydrogens is 332 g/mol. The molecule has 0 amide bonds. The number of rotatable bonds is 3. The van der Waals surface area contributed by atoms with Crippen molar-refractivity contribution >= 4 is 11.6 Å². The predicted molar refractivity (Wildman–Crippen MR) is 106 cm³/mol. The van der Waals surface area contributed by atoms with Crippen molar-refractivity contribution in [2.75, 3.05) is 0 Å². The van der Waals surface area contributed by atoms with Crippen molar-refractivity contribution in [3.8, 4) is 11.5 Å². The van der Waals surface area contributed by atoms with Gasteiger partial charge in [-0.3, -0.25) is 0 Å². The highest BCUT2D eigenvalue weighted by atomic mass is 35.5. The van der Waals surface area contributed by atoms with Crippen LogP contribution < -0.4 is 0 Å². The molecule has 0 heterocycles. The summed E-state index contributed by atoms with van der Waals surface area (Å²) in [7, 11) is 0. The predicted octanol–water partition coefficient (Wildman–Crippen LogP) is 5.96. The molecule has 2 aromatic carbocycles. The van der Waals surface area contributed by atoms with E-state index in [9.17, 15) is 10.2 Å². The third kappa shape index (κ3) is 3.64. The summed E-state index contributed by atoms with van der Waals surface area (Å²) in [5.74, 6) is 0.957. The molecule has 0 aromatic heterocycles. The average molecular weight is 361 g/mol. The molecule has 0 fully saturated rings. The smallest absolute Gasteiger partial charge is 0.123 e. The molecule has 3 heteroatoms. The molecule has 0 bridgehead atoms. The van der Waals surface area contributed by atoms with Crippen molar-refractivity contribution in [2.45, 2.75) is 66.2 Å². The number of phenols is 2. The van der Waals surface area contributed by atoms with Crippen LogP contribution in [0.1, 0.15) is 65.3 Å². The Morgan fingerprint density at radius 1 is 0.840 bits per heavy atom. The summed E-state index contributed by atoms with van der Waals surface area (Å²) in [5.41, 5.74) is 7.92. The van der Waals surface area contributed by atoms with Crippen LogP contribution >= 0.6 is 11.6 Å². The van der Waals surface area contributed by atoms with E-state index in [1.807, 2.05) is 26.8 Å². The number of benzene rings is 2. The Bertz CT molecular complexity index is 814. The lowest BCUT2D eigenvalue weighted by molar-refractivity contribution is 0.441. The van der Waals surface area contributed by atoms with Gasteiger partial charge in [0.25, 0.3) is 0 Å². The zero-order chi connectivity index (χ0) is 19.1. The molecule has 0 radical (unpaired) electrons. The summed E-state index contributed by atoms with van der Waals surface area (Å²) in [6.45, 7) is 14.4. The van der Waals surface area contributed by atoms with E-state index in [1.54, 1.807) is 0 Å². The minimum Gasteiger partial charge on any atom is -0.507 e. The summed E-state index contributed by atoms with van der Waals surface area (Å²) in [4.78, 5) is 0. The highest BCUT2D eigenvalue weighted by Gasteiger charge is 2.23. The van der Waals surface area contributed by atoms with Gasteiger partial charge in [-0.05, 0) is 78.5 Å². The Morgan fingerprint density at radius 3 is 1.80 bits per heavy atom. The molecular formula is C22H29ClO2. The zero-order valence-corrected chi connectivity index (χ0v) is 17.1. The standard InChI is InChI=1S/C22H29ClO2/c1-12-8-16(11-23)20(24)14(3)17(12)10-18-13(2)9-19(22(5,6)7)21(25)15(18)4/h8-9,24-25H,10-11H2,1-7H3. The van der Waals surface area contributed by atoms with Crippen LogP contribution in [0, 0.1) is 27.7 Å². The number of hydrogen-bond donors (Lipinski definition) is 2. The molecule has 2 nitrogen and oxygen atoms in total. The average Bonchev–Trinajstić information content (AvgIpc) is 2.52. The quantitative estimate of drug-likeness (QED) is 0.663. The first-order chi connectivity index (χ1) is 11.5. The van der Waals surface area contributed by atoms with Gasteiger partial charge in [0.1, 0.15) is 11.5 Å². The minimum absolute atomic E-state index is 0.107. The summed E-state index contributed by atoms with van der Waals surface area (Å²) in [6.07, 6.45) is 0.684. The lowest BCUT2D eigenvalue weighted by atomic mass is 9.81. The monoisotopic (exact) mass is 360 g/mol. The Hall–Kier alpha value is -1.67. The van der Waals surface area contributed by atoms with Crippen molar-refractivity contribution in [3.63, 3.8) is 0 Å². The van der Waals surface area contributed by atoms with Gasteiger partial charge in [0.2, 0.25) is 0 Å². The second-order valence-electron chi connectivity index (χ2n) is 8.06. The number of halogens is 1. The van der Waals surface area contributed by atoms with Gasteiger partial charge in [0.05, 0.1) is 5.88 Å². The second-order valence-corrected chi connectivity index (χ2v) is 8.33. The van der Waals surface area contributed by atoms with E-state index in [1.165, 1.54) is 5.56 Å². The SMILES string of the molecule is Cc1cc(CCl)c(O)c(C)c1Cc1c(C)cc(C(C)(C)C)c(O)c1C. The normalized spacial score (nSPS) is 11.8. The maximum atomic E-state index is 10.7. The molecule has 0 unspecified atom stereocenters. The maximum Gasteiger partial charge on any atom is 0.123 e. The summed E-state index contributed by atoms with van der Waals surface area (Å²) >= 11 is 5.93. The summed E-state index contributed by atoms with van der Waals surface area (Å²) in [5, 5.41) is 21.1. The Balaban J connectivity index is 2.60. The highest BCUT2D eigenvalue weighted by Crippen LogP contribution is 2.38. The van der Waals surface area contributed by atoms with Crippen molar-refractivity contribution < 1.29 is 10.2 Å². The van der Waals surface area contributed by atoms with Crippen LogP contribution in [0.15, 0.2) is 12.1 Å². The van der Waals surface area contributed by atoms with Crippen LogP contribution in [0.25, 0.3) is 0 Å². The van der Waals surface area contributed by atoms with Crippen LogP contribution in [-0.2, 0) is 17.7 Å². The number of aryl methyl sites for hydroxylation is 2. The second kappa shape index (κ2) is 6.92. The lowest BCUT2D eigenvalue weighted by Crippen LogP contribution is -2.13. The van der Waals surface area contributed by atoms with Crippen LogP contribution in [0.5, 0.6) is 11.5 Å². The molecule has 0 saturated carbocycles. The zero-order valence-electron chi connectivity index (χ0n) is 16.3. The molecule has 0 saturated heterocycles. The number of aromatic hydroxyl groups is 2. The topological polar surface area (TPSA) is 40.5 Å². The molecule has 0 aliphatic heterocycles. The fourth-order valence-electron chi connectivity index (χ4n) is 3.50. The van der Waals surface area contributed by atoms with Crippen molar-refractivity contribution in [3.05, 3.63) is 56.6 Å². The molecule has 0 spiro atoms. The van der Waals surface area contributed by atoms with E-state index in [-0.39, 0.29) is 11.2 Å². The van der Waals surface area contributed by atoms with Gasteiger partial charge in [0, 0.05) is 5.56 Å². The number of alkyl halides is 1. The third-order valence-corrected chi connectivity index (χ3v) is 5.47. The Morgan fingerprint density at radius 2 is 1.32 bits per heavy atom. The summed E-state index contributed by atoms with van der Waals surface area (Å²) < 4.78 is 0. The first-order valence-corrected chi connectivity index (χ1v) is 9.21. The Kier molecular flexibility index (Phi) is 5.44. The van der Waals surface area contributed by atoms with Crippen LogP contribution in [0.3, 0.4) is 0 Å². The molecule has 0 aliphatic carbocycles. The van der Waals surface area contributed by atoms with Crippen LogP contribution in [-0.4, -0.2) is 10.2 Å². The fourth-order valence-corrected chi connectivity index (χ4v) is 3.71. The molecule has 2 aromatic rings. The van der Waals surface area contributed by atoms with Gasteiger partial charge < -0.3 is 10.2 Å². The van der Waals surface area contributed by atoms with Crippen LogP contribution in [0.4, 0.5) is 0 Å². The minimum atomic E-state index is -0.107. The Labute approximate surface area is 156 Å². The third-order valence-electron chi connectivity index (χ3n) is 5.18. The molecule has 2 rings (SSSR count).